The zero-order valence-electron chi connectivity index (χ0n) is 22.6. The molecule has 6 heteroatoms. The molecule has 0 N–H and O–H groups in total. The third kappa shape index (κ3) is 5.93. The third-order valence-corrected chi connectivity index (χ3v) is 7.66. The number of carbonyl (C=O) groups is 1. The number of nitrogens with zero attached hydrogens (tertiary/aromatic N) is 3. The van der Waals surface area contributed by atoms with Crippen LogP contribution in [0.2, 0.25) is 0 Å². The fraction of sp³-hybridized carbons (Fsp3) is 0.406. The minimum absolute atomic E-state index is 0.0794. The highest BCUT2D eigenvalue weighted by Crippen LogP contribution is 2.37. The van der Waals surface area contributed by atoms with Crippen molar-refractivity contribution in [3.63, 3.8) is 0 Å². The first-order chi connectivity index (χ1) is 18.7. The molecule has 0 unspecified atom stereocenters. The molecule has 0 bridgehead atoms. The SMILES string of the molecule is CCN(CC)C(=O)c1ccccc1N(c1cccc(C2OCCO2)c1)C1CCN(Cc2ccccc2)CC1. The molecule has 0 radical (unpaired) electrons. The van der Waals surface area contributed by atoms with E-state index in [1.165, 1.54) is 5.56 Å². The monoisotopic (exact) mass is 513 g/mol. The standard InChI is InChI=1S/C32H39N3O3/c1-3-34(4-2)31(36)29-15-8-9-16-30(29)35(28-14-10-13-26(23-28)32-37-21-22-38-32)27-17-19-33(20-18-27)24-25-11-6-5-7-12-25/h5-16,23,27,32H,3-4,17-22,24H2,1-2H3. The lowest BCUT2D eigenvalue weighted by Crippen LogP contribution is -2.43. The van der Waals surface area contributed by atoms with Crippen molar-refractivity contribution in [2.24, 2.45) is 0 Å². The number of rotatable bonds is 9. The van der Waals surface area contributed by atoms with Gasteiger partial charge in [0.1, 0.15) is 0 Å². The fourth-order valence-corrected chi connectivity index (χ4v) is 5.64. The molecule has 200 valence electrons. The number of piperidine rings is 1. The van der Waals surface area contributed by atoms with E-state index < -0.39 is 0 Å². The summed E-state index contributed by atoms with van der Waals surface area (Å²) in [7, 11) is 0. The second-order valence-electron chi connectivity index (χ2n) is 10.0. The molecule has 1 amide bonds. The Hall–Kier alpha value is -3.19. The lowest BCUT2D eigenvalue weighted by Gasteiger charge is -2.41. The molecular weight excluding hydrogens is 474 g/mol. The number of likely N-dealkylation sites (tertiary alicyclic amines) is 1. The largest absolute Gasteiger partial charge is 0.346 e. The van der Waals surface area contributed by atoms with Crippen molar-refractivity contribution in [1.29, 1.82) is 0 Å². The summed E-state index contributed by atoms with van der Waals surface area (Å²) in [6, 6.07) is 27.5. The maximum atomic E-state index is 13.6. The number of benzene rings is 3. The molecule has 38 heavy (non-hydrogen) atoms. The lowest BCUT2D eigenvalue weighted by molar-refractivity contribution is -0.0440. The molecule has 2 saturated heterocycles. The second-order valence-corrected chi connectivity index (χ2v) is 10.0. The Morgan fingerprint density at radius 3 is 2.26 bits per heavy atom. The zero-order chi connectivity index (χ0) is 26.3. The predicted molar refractivity (Wildman–Crippen MR) is 152 cm³/mol. The van der Waals surface area contributed by atoms with Gasteiger partial charge in [0.2, 0.25) is 0 Å². The van der Waals surface area contributed by atoms with Gasteiger partial charge in [-0.3, -0.25) is 9.69 Å². The minimum atomic E-state index is -0.336. The minimum Gasteiger partial charge on any atom is -0.346 e. The summed E-state index contributed by atoms with van der Waals surface area (Å²) in [5.74, 6) is 0.0794. The summed E-state index contributed by atoms with van der Waals surface area (Å²) < 4.78 is 11.6. The number of hydrogen-bond acceptors (Lipinski definition) is 5. The molecule has 0 aromatic heterocycles. The summed E-state index contributed by atoms with van der Waals surface area (Å²) in [5, 5.41) is 0. The van der Waals surface area contributed by atoms with Crippen LogP contribution in [0, 0.1) is 0 Å². The summed E-state index contributed by atoms with van der Waals surface area (Å²) in [6.07, 6.45) is 1.69. The van der Waals surface area contributed by atoms with Crippen LogP contribution in [0.15, 0.2) is 78.9 Å². The number of para-hydroxylation sites is 1. The molecule has 2 aliphatic heterocycles. The first-order valence-electron chi connectivity index (χ1n) is 13.9. The van der Waals surface area contributed by atoms with Crippen molar-refractivity contribution in [2.75, 3.05) is 44.3 Å². The number of carbonyl (C=O) groups excluding carboxylic acids is 1. The van der Waals surface area contributed by atoms with E-state index in [1.54, 1.807) is 0 Å². The van der Waals surface area contributed by atoms with E-state index in [-0.39, 0.29) is 18.2 Å². The van der Waals surface area contributed by atoms with E-state index in [2.05, 4.69) is 70.5 Å². The summed E-state index contributed by atoms with van der Waals surface area (Å²) >= 11 is 0. The van der Waals surface area contributed by atoms with Gasteiger partial charge in [0.05, 0.1) is 24.5 Å². The Kier molecular flexibility index (Phi) is 8.74. The Balaban J connectivity index is 1.46. The zero-order valence-corrected chi connectivity index (χ0v) is 22.6. The van der Waals surface area contributed by atoms with Gasteiger partial charge in [0.15, 0.2) is 6.29 Å². The highest BCUT2D eigenvalue weighted by atomic mass is 16.7. The van der Waals surface area contributed by atoms with Crippen LogP contribution in [0.5, 0.6) is 0 Å². The molecule has 0 spiro atoms. The molecule has 0 atom stereocenters. The first kappa shape index (κ1) is 26.4. The Bertz CT molecular complexity index is 1180. The van der Waals surface area contributed by atoms with Crippen LogP contribution in [-0.2, 0) is 16.0 Å². The van der Waals surface area contributed by atoms with Gasteiger partial charge in [0.25, 0.3) is 5.91 Å². The van der Waals surface area contributed by atoms with E-state index in [0.29, 0.717) is 26.3 Å². The highest BCUT2D eigenvalue weighted by molar-refractivity contribution is 6.00. The van der Waals surface area contributed by atoms with Crippen molar-refractivity contribution >= 4 is 17.3 Å². The van der Waals surface area contributed by atoms with Crippen LogP contribution in [0.4, 0.5) is 11.4 Å². The Labute approximate surface area is 226 Å². The maximum Gasteiger partial charge on any atom is 0.255 e. The van der Waals surface area contributed by atoms with Crippen LogP contribution >= 0.6 is 0 Å². The average Bonchev–Trinajstić information content (AvgIpc) is 3.51. The number of ether oxygens (including phenoxy) is 2. The number of anilines is 2. The molecule has 2 aliphatic rings. The summed E-state index contributed by atoms with van der Waals surface area (Å²) in [5.41, 5.74) is 5.15. The van der Waals surface area contributed by atoms with Crippen molar-refractivity contribution in [1.82, 2.24) is 9.80 Å². The van der Waals surface area contributed by atoms with Crippen molar-refractivity contribution in [2.45, 2.75) is 45.6 Å². The van der Waals surface area contributed by atoms with Gasteiger partial charge in [-0.1, -0.05) is 54.6 Å². The summed E-state index contributed by atoms with van der Waals surface area (Å²) in [6.45, 7) is 9.66. The smallest absolute Gasteiger partial charge is 0.255 e. The van der Waals surface area contributed by atoms with Gasteiger partial charge < -0.3 is 19.3 Å². The highest BCUT2D eigenvalue weighted by Gasteiger charge is 2.30. The molecule has 6 nitrogen and oxygen atoms in total. The molecule has 3 aromatic rings. The average molecular weight is 514 g/mol. The van der Waals surface area contributed by atoms with Gasteiger partial charge in [-0.15, -0.1) is 0 Å². The van der Waals surface area contributed by atoms with E-state index >= 15 is 0 Å². The molecule has 0 aliphatic carbocycles. The van der Waals surface area contributed by atoms with E-state index in [0.717, 1.165) is 55.0 Å². The van der Waals surface area contributed by atoms with Gasteiger partial charge in [-0.25, -0.2) is 0 Å². The molecular formula is C32H39N3O3. The van der Waals surface area contributed by atoms with Gasteiger partial charge in [-0.2, -0.15) is 0 Å². The van der Waals surface area contributed by atoms with Crippen molar-refractivity contribution < 1.29 is 14.3 Å². The van der Waals surface area contributed by atoms with E-state index in [1.807, 2.05) is 36.9 Å². The lowest BCUT2D eigenvalue weighted by atomic mass is 9.98. The predicted octanol–water partition coefficient (Wildman–Crippen LogP) is 6.02. The van der Waals surface area contributed by atoms with E-state index in [4.69, 9.17) is 9.47 Å². The van der Waals surface area contributed by atoms with Gasteiger partial charge in [0, 0.05) is 50.0 Å². The molecule has 0 saturated carbocycles. The van der Waals surface area contributed by atoms with Crippen LogP contribution in [0.1, 0.15) is 54.5 Å². The first-order valence-corrected chi connectivity index (χ1v) is 13.9. The topological polar surface area (TPSA) is 45.3 Å². The van der Waals surface area contributed by atoms with Gasteiger partial charge >= 0.3 is 0 Å². The van der Waals surface area contributed by atoms with Crippen LogP contribution in [0.3, 0.4) is 0 Å². The third-order valence-electron chi connectivity index (χ3n) is 7.66. The maximum absolute atomic E-state index is 13.6. The molecule has 5 rings (SSSR count). The fourth-order valence-electron chi connectivity index (χ4n) is 5.64. The Morgan fingerprint density at radius 1 is 0.868 bits per heavy atom. The van der Waals surface area contributed by atoms with Crippen molar-refractivity contribution in [3.8, 4) is 0 Å². The van der Waals surface area contributed by atoms with E-state index in [9.17, 15) is 4.79 Å². The van der Waals surface area contributed by atoms with Crippen LogP contribution in [-0.4, -0.2) is 61.1 Å². The number of amides is 1. The number of hydrogen-bond donors (Lipinski definition) is 0. The second kappa shape index (κ2) is 12.6. The Morgan fingerprint density at radius 2 is 1.55 bits per heavy atom. The molecule has 3 aromatic carbocycles. The summed E-state index contributed by atoms with van der Waals surface area (Å²) in [4.78, 5) is 20.5. The molecule has 2 heterocycles. The quantitative estimate of drug-likeness (QED) is 0.350. The van der Waals surface area contributed by atoms with Gasteiger partial charge in [-0.05, 0) is 56.5 Å². The van der Waals surface area contributed by atoms with Crippen LogP contribution in [0.25, 0.3) is 0 Å². The van der Waals surface area contributed by atoms with Crippen molar-refractivity contribution in [3.05, 3.63) is 95.6 Å². The molecule has 2 fully saturated rings. The normalized spacial score (nSPS) is 17.0. The van der Waals surface area contributed by atoms with Crippen LogP contribution < -0.4 is 4.90 Å².